The van der Waals surface area contributed by atoms with E-state index in [1.807, 2.05) is 36.5 Å². The molecular weight excluding hydrogens is 294 g/mol. The number of anilines is 1. The molecule has 0 unspecified atom stereocenters. The third-order valence-corrected chi connectivity index (χ3v) is 3.67. The number of piperazine rings is 1. The van der Waals surface area contributed by atoms with E-state index in [0.29, 0.717) is 26.2 Å². The summed E-state index contributed by atoms with van der Waals surface area (Å²) >= 11 is 0. The average Bonchev–Trinajstić information content (AvgIpc) is 3.14. The number of benzene rings is 1. The first kappa shape index (κ1) is 15.4. The molecule has 0 spiro atoms. The van der Waals surface area contributed by atoms with Gasteiger partial charge in [0.15, 0.2) is 0 Å². The van der Waals surface area contributed by atoms with Gasteiger partial charge in [-0.3, -0.25) is 0 Å². The van der Waals surface area contributed by atoms with E-state index in [9.17, 15) is 4.79 Å². The van der Waals surface area contributed by atoms with E-state index in [4.69, 9.17) is 4.74 Å². The summed E-state index contributed by atoms with van der Waals surface area (Å²) in [5.41, 5.74) is 1.92. The number of aromatic nitrogens is 2. The summed E-state index contributed by atoms with van der Waals surface area (Å²) in [6.45, 7) is 3.93. The standard InChI is InChI=1S/C16H21N5O2/c22-16(20-11-7-17-8-12-20)23-13-9-18-14-4-1-2-5-15(14)21-10-3-6-19-21/h1-6,10,17-18H,7-9,11-13H2. The van der Waals surface area contributed by atoms with Crippen molar-refractivity contribution in [3.8, 4) is 5.69 Å². The molecule has 1 aromatic heterocycles. The Bertz CT molecular complexity index is 623. The lowest BCUT2D eigenvalue weighted by atomic mass is 10.2. The third kappa shape index (κ3) is 4.01. The van der Waals surface area contributed by atoms with E-state index < -0.39 is 0 Å². The van der Waals surface area contributed by atoms with Gasteiger partial charge in [0.2, 0.25) is 0 Å². The molecule has 7 nitrogen and oxygen atoms in total. The van der Waals surface area contributed by atoms with Gasteiger partial charge in [-0.05, 0) is 18.2 Å². The van der Waals surface area contributed by atoms with E-state index in [0.717, 1.165) is 24.5 Å². The molecule has 1 saturated heterocycles. The van der Waals surface area contributed by atoms with Crippen LogP contribution in [0.1, 0.15) is 0 Å². The zero-order chi connectivity index (χ0) is 15.9. The fraction of sp³-hybridized carbons (Fsp3) is 0.375. The molecule has 1 fully saturated rings. The van der Waals surface area contributed by atoms with Gasteiger partial charge in [-0.15, -0.1) is 0 Å². The van der Waals surface area contributed by atoms with Crippen LogP contribution in [0, 0.1) is 0 Å². The van der Waals surface area contributed by atoms with E-state index in [-0.39, 0.29) is 6.09 Å². The molecule has 1 aliphatic heterocycles. The summed E-state index contributed by atoms with van der Waals surface area (Å²) in [4.78, 5) is 13.6. The number of nitrogens with zero attached hydrogens (tertiary/aromatic N) is 3. The van der Waals surface area contributed by atoms with E-state index in [2.05, 4.69) is 15.7 Å². The van der Waals surface area contributed by atoms with Gasteiger partial charge >= 0.3 is 6.09 Å². The number of carbonyl (C=O) groups excluding carboxylic acids is 1. The van der Waals surface area contributed by atoms with Gasteiger partial charge in [0.1, 0.15) is 6.61 Å². The van der Waals surface area contributed by atoms with Crippen LogP contribution in [-0.4, -0.2) is 60.1 Å². The predicted octanol–water partition coefficient (Wildman–Crippen LogP) is 1.33. The summed E-state index contributed by atoms with van der Waals surface area (Å²) in [6, 6.07) is 9.78. The minimum Gasteiger partial charge on any atom is -0.448 e. The Hall–Kier alpha value is -2.54. The highest BCUT2D eigenvalue weighted by atomic mass is 16.6. The van der Waals surface area contributed by atoms with Gasteiger partial charge in [-0.2, -0.15) is 5.10 Å². The Morgan fingerprint density at radius 1 is 1.26 bits per heavy atom. The molecule has 0 radical (unpaired) electrons. The van der Waals surface area contributed by atoms with E-state index in [1.165, 1.54) is 0 Å². The highest BCUT2D eigenvalue weighted by molar-refractivity contribution is 5.67. The number of para-hydroxylation sites is 2. The van der Waals surface area contributed by atoms with Gasteiger partial charge in [0, 0.05) is 45.1 Å². The molecular formula is C16H21N5O2. The molecule has 0 bridgehead atoms. The van der Waals surface area contributed by atoms with Crippen LogP contribution in [0.4, 0.5) is 10.5 Å². The molecule has 2 N–H and O–H groups in total. The first-order valence-corrected chi connectivity index (χ1v) is 7.80. The average molecular weight is 315 g/mol. The molecule has 2 aromatic rings. The molecule has 0 saturated carbocycles. The second-order valence-corrected chi connectivity index (χ2v) is 5.25. The van der Waals surface area contributed by atoms with Gasteiger partial charge in [-0.25, -0.2) is 9.48 Å². The normalized spacial score (nSPS) is 14.5. The number of rotatable bonds is 5. The Morgan fingerprint density at radius 2 is 2.09 bits per heavy atom. The Balaban J connectivity index is 1.48. The third-order valence-electron chi connectivity index (χ3n) is 3.67. The molecule has 1 aliphatic rings. The summed E-state index contributed by atoms with van der Waals surface area (Å²) in [5, 5.41) is 10.7. The molecule has 0 atom stereocenters. The van der Waals surface area contributed by atoms with Gasteiger partial charge in [-0.1, -0.05) is 12.1 Å². The fourth-order valence-electron chi connectivity index (χ4n) is 2.50. The first-order valence-electron chi connectivity index (χ1n) is 7.80. The lowest BCUT2D eigenvalue weighted by molar-refractivity contribution is 0.101. The topological polar surface area (TPSA) is 71.4 Å². The van der Waals surface area contributed by atoms with Gasteiger partial charge in [0.05, 0.1) is 11.4 Å². The molecule has 23 heavy (non-hydrogen) atoms. The molecule has 0 aliphatic carbocycles. The monoisotopic (exact) mass is 315 g/mol. The Morgan fingerprint density at radius 3 is 2.87 bits per heavy atom. The second-order valence-electron chi connectivity index (χ2n) is 5.25. The molecule has 7 heteroatoms. The lowest BCUT2D eigenvalue weighted by Gasteiger charge is -2.26. The van der Waals surface area contributed by atoms with Crippen LogP contribution >= 0.6 is 0 Å². The van der Waals surface area contributed by atoms with Crippen molar-refractivity contribution in [3.05, 3.63) is 42.7 Å². The minimum absolute atomic E-state index is 0.242. The SMILES string of the molecule is O=C(OCCNc1ccccc1-n1cccn1)N1CCNCC1. The van der Waals surface area contributed by atoms with Crippen molar-refractivity contribution in [3.63, 3.8) is 0 Å². The Labute approximate surface area is 135 Å². The summed E-state index contributed by atoms with van der Waals surface area (Å²) < 4.78 is 7.11. The maximum absolute atomic E-state index is 11.9. The van der Waals surface area contributed by atoms with Gasteiger partial charge in [0.25, 0.3) is 0 Å². The van der Waals surface area contributed by atoms with Crippen LogP contribution in [-0.2, 0) is 4.74 Å². The number of ether oxygens (including phenoxy) is 1. The fourth-order valence-corrected chi connectivity index (χ4v) is 2.50. The minimum atomic E-state index is -0.242. The zero-order valence-corrected chi connectivity index (χ0v) is 12.9. The van der Waals surface area contributed by atoms with Crippen molar-refractivity contribution >= 4 is 11.8 Å². The van der Waals surface area contributed by atoms with Crippen LogP contribution < -0.4 is 10.6 Å². The van der Waals surface area contributed by atoms with Gasteiger partial charge < -0.3 is 20.3 Å². The second kappa shape index (κ2) is 7.64. The quantitative estimate of drug-likeness (QED) is 0.815. The summed E-state index contributed by atoms with van der Waals surface area (Å²) in [6.07, 6.45) is 3.39. The smallest absolute Gasteiger partial charge is 0.409 e. The number of nitrogens with one attached hydrogen (secondary N) is 2. The molecule has 122 valence electrons. The number of hydrogen-bond acceptors (Lipinski definition) is 5. The maximum atomic E-state index is 11.9. The molecule has 3 rings (SSSR count). The predicted molar refractivity (Wildman–Crippen MR) is 87.8 cm³/mol. The maximum Gasteiger partial charge on any atom is 0.409 e. The first-order chi connectivity index (χ1) is 11.3. The Kier molecular flexibility index (Phi) is 5.10. The highest BCUT2D eigenvalue weighted by Gasteiger charge is 2.16. The van der Waals surface area contributed by atoms with E-state index in [1.54, 1.807) is 15.8 Å². The van der Waals surface area contributed by atoms with Crippen LogP contribution in [0.25, 0.3) is 5.69 Å². The van der Waals surface area contributed by atoms with Crippen LogP contribution in [0.3, 0.4) is 0 Å². The van der Waals surface area contributed by atoms with E-state index >= 15 is 0 Å². The lowest BCUT2D eigenvalue weighted by Crippen LogP contribution is -2.46. The molecule has 1 amide bonds. The van der Waals surface area contributed by atoms with Crippen molar-refractivity contribution in [2.45, 2.75) is 0 Å². The molecule has 2 heterocycles. The van der Waals surface area contributed by atoms with Crippen molar-refractivity contribution in [2.24, 2.45) is 0 Å². The van der Waals surface area contributed by atoms with Crippen molar-refractivity contribution in [1.29, 1.82) is 0 Å². The largest absolute Gasteiger partial charge is 0.448 e. The molecule has 1 aromatic carbocycles. The summed E-state index contributed by atoms with van der Waals surface area (Å²) in [7, 11) is 0. The number of carbonyl (C=O) groups is 1. The highest BCUT2D eigenvalue weighted by Crippen LogP contribution is 2.18. The summed E-state index contributed by atoms with van der Waals surface area (Å²) in [5.74, 6) is 0. The van der Waals surface area contributed by atoms with Crippen molar-refractivity contribution in [1.82, 2.24) is 20.0 Å². The van der Waals surface area contributed by atoms with Crippen molar-refractivity contribution < 1.29 is 9.53 Å². The number of hydrogen-bond donors (Lipinski definition) is 2. The van der Waals surface area contributed by atoms with Crippen molar-refractivity contribution in [2.75, 3.05) is 44.6 Å². The zero-order valence-electron chi connectivity index (χ0n) is 12.9. The van der Waals surface area contributed by atoms with Crippen LogP contribution in [0.15, 0.2) is 42.7 Å². The number of amides is 1. The van der Waals surface area contributed by atoms with Crippen LogP contribution in [0.2, 0.25) is 0 Å². The van der Waals surface area contributed by atoms with Crippen LogP contribution in [0.5, 0.6) is 0 Å².